The first kappa shape index (κ1) is 31.3. The van der Waals surface area contributed by atoms with Gasteiger partial charge in [-0.15, -0.1) is 0 Å². The largest absolute Gasteiger partial charge is 0.459 e. The van der Waals surface area contributed by atoms with Crippen molar-refractivity contribution in [2.45, 2.75) is 72.3 Å². The monoisotopic (exact) mass is 539 g/mol. The van der Waals surface area contributed by atoms with Gasteiger partial charge in [0.05, 0.1) is 0 Å². The normalized spacial score (nSPS) is 12.6. The number of amides is 3. The molecule has 2 aromatic carbocycles. The molecular formula is C30H41N3O6. The van der Waals surface area contributed by atoms with E-state index in [0.717, 1.165) is 16.7 Å². The maximum absolute atomic E-state index is 13.6. The summed E-state index contributed by atoms with van der Waals surface area (Å²) >= 11 is 0. The zero-order valence-electron chi connectivity index (χ0n) is 24.0. The molecule has 0 heterocycles. The Balaban J connectivity index is 2.18. The minimum Gasteiger partial charge on any atom is -0.459 e. The highest BCUT2D eigenvalue weighted by atomic mass is 16.6. The summed E-state index contributed by atoms with van der Waals surface area (Å²) in [5, 5.41) is 2.57. The summed E-state index contributed by atoms with van der Waals surface area (Å²) in [6, 6.07) is 15.0. The van der Waals surface area contributed by atoms with Crippen molar-refractivity contribution >= 4 is 23.9 Å². The molecule has 0 aliphatic rings. The molecule has 0 saturated carbocycles. The van der Waals surface area contributed by atoms with E-state index in [0.29, 0.717) is 0 Å². The zero-order chi connectivity index (χ0) is 29.2. The van der Waals surface area contributed by atoms with Crippen molar-refractivity contribution in [3.8, 4) is 0 Å². The van der Waals surface area contributed by atoms with Crippen LogP contribution in [0.25, 0.3) is 0 Å². The van der Waals surface area contributed by atoms with Crippen molar-refractivity contribution in [3.05, 3.63) is 71.3 Å². The summed E-state index contributed by atoms with van der Waals surface area (Å²) in [5.41, 5.74) is 2.06. The average Bonchev–Trinajstić information content (AvgIpc) is 2.87. The molecule has 9 heteroatoms. The van der Waals surface area contributed by atoms with Crippen LogP contribution in [0.4, 0.5) is 4.79 Å². The van der Waals surface area contributed by atoms with E-state index < -0.39 is 41.6 Å². The van der Waals surface area contributed by atoms with E-state index >= 15 is 0 Å². The fourth-order valence-electron chi connectivity index (χ4n) is 3.96. The number of benzene rings is 2. The number of likely N-dealkylation sites (N-methyl/N-ethyl adjacent to an activating group) is 2. The summed E-state index contributed by atoms with van der Waals surface area (Å²) in [6.45, 7) is 10.6. The van der Waals surface area contributed by atoms with Gasteiger partial charge < -0.3 is 24.6 Å². The van der Waals surface area contributed by atoms with E-state index in [1.165, 1.54) is 16.8 Å². The fraction of sp³-hybridized carbons (Fsp3) is 0.467. The van der Waals surface area contributed by atoms with Crippen molar-refractivity contribution in [2.24, 2.45) is 0 Å². The van der Waals surface area contributed by atoms with E-state index in [1.54, 1.807) is 34.6 Å². The van der Waals surface area contributed by atoms with Crippen molar-refractivity contribution in [2.75, 3.05) is 20.1 Å². The number of hydrogen-bond acceptors (Lipinski definition) is 6. The Morgan fingerprint density at radius 1 is 0.923 bits per heavy atom. The first-order valence-corrected chi connectivity index (χ1v) is 13.1. The van der Waals surface area contributed by atoms with Crippen molar-refractivity contribution < 1.29 is 28.7 Å². The number of alkyl carbamates (subject to hydrolysis) is 1. The molecular weight excluding hydrogens is 498 g/mol. The van der Waals surface area contributed by atoms with Gasteiger partial charge in [0, 0.05) is 20.0 Å². The predicted molar refractivity (Wildman–Crippen MR) is 149 cm³/mol. The van der Waals surface area contributed by atoms with Crippen LogP contribution in [0.1, 0.15) is 51.3 Å². The lowest BCUT2D eigenvalue weighted by atomic mass is 10.0. The second-order valence-corrected chi connectivity index (χ2v) is 10.5. The van der Waals surface area contributed by atoms with E-state index in [2.05, 4.69) is 5.32 Å². The molecule has 0 aliphatic carbocycles. The van der Waals surface area contributed by atoms with Gasteiger partial charge in [-0.1, -0.05) is 60.2 Å². The highest BCUT2D eigenvalue weighted by Crippen LogP contribution is 2.15. The Morgan fingerprint density at radius 3 is 2.10 bits per heavy atom. The molecule has 39 heavy (non-hydrogen) atoms. The van der Waals surface area contributed by atoms with Crippen LogP contribution in [-0.2, 0) is 36.9 Å². The second-order valence-electron chi connectivity index (χ2n) is 10.5. The van der Waals surface area contributed by atoms with Gasteiger partial charge >= 0.3 is 12.1 Å². The second kappa shape index (κ2) is 14.3. The number of hydrogen-bond donors (Lipinski definition) is 1. The number of rotatable bonds is 11. The van der Waals surface area contributed by atoms with Crippen LogP contribution in [-0.4, -0.2) is 71.5 Å². The zero-order valence-corrected chi connectivity index (χ0v) is 24.0. The van der Waals surface area contributed by atoms with Crippen molar-refractivity contribution in [1.29, 1.82) is 0 Å². The van der Waals surface area contributed by atoms with Gasteiger partial charge in [0.2, 0.25) is 11.8 Å². The van der Waals surface area contributed by atoms with Crippen LogP contribution in [0, 0.1) is 6.92 Å². The fourth-order valence-corrected chi connectivity index (χ4v) is 3.96. The minimum atomic E-state index is -0.947. The van der Waals surface area contributed by atoms with Gasteiger partial charge in [-0.25, -0.2) is 4.79 Å². The first-order valence-electron chi connectivity index (χ1n) is 13.1. The van der Waals surface area contributed by atoms with E-state index in [4.69, 9.17) is 9.47 Å². The minimum absolute atomic E-state index is 0.0646. The third-order valence-electron chi connectivity index (χ3n) is 5.91. The molecule has 3 amide bonds. The molecule has 2 rings (SSSR count). The van der Waals surface area contributed by atoms with Crippen LogP contribution in [0.2, 0.25) is 0 Å². The summed E-state index contributed by atoms with van der Waals surface area (Å²) < 4.78 is 10.6. The summed E-state index contributed by atoms with van der Waals surface area (Å²) in [6.07, 6.45) is -0.498. The lowest BCUT2D eigenvalue weighted by Crippen LogP contribution is -2.56. The smallest absolute Gasteiger partial charge is 0.408 e. The number of aryl methyl sites for hydroxylation is 1. The summed E-state index contributed by atoms with van der Waals surface area (Å²) in [4.78, 5) is 54.6. The number of esters is 1. The SMILES string of the molecule is CCN(C(=O)[C@H](C)NC(=O)OCc1ccccc1)[C@@H](Cc1ccc(C)cc1)C(=O)N(C)CC(=O)OC(C)(C)C. The number of nitrogens with zero attached hydrogens (tertiary/aromatic N) is 2. The van der Waals surface area contributed by atoms with Gasteiger partial charge in [0.1, 0.15) is 30.8 Å². The van der Waals surface area contributed by atoms with Crippen molar-refractivity contribution in [1.82, 2.24) is 15.1 Å². The summed E-state index contributed by atoms with van der Waals surface area (Å²) in [7, 11) is 1.51. The molecule has 0 fully saturated rings. The maximum atomic E-state index is 13.6. The molecule has 0 saturated heterocycles. The first-order chi connectivity index (χ1) is 18.3. The molecule has 0 aliphatic heterocycles. The average molecular weight is 540 g/mol. The molecule has 0 bridgehead atoms. The van der Waals surface area contributed by atoms with Crippen molar-refractivity contribution in [3.63, 3.8) is 0 Å². The number of carbonyl (C=O) groups excluding carboxylic acids is 4. The van der Waals surface area contributed by atoms with E-state index in [1.807, 2.05) is 61.5 Å². The van der Waals surface area contributed by atoms with Crippen LogP contribution in [0.3, 0.4) is 0 Å². The summed E-state index contributed by atoms with van der Waals surface area (Å²) in [5.74, 6) is -1.39. The van der Waals surface area contributed by atoms with Gasteiger partial charge in [0.25, 0.3) is 0 Å². The predicted octanol–water partition coefficient (Wildman–Crippen LogP) is 3.87. The molecule has 0 spiro atoms. The Kier molecular flexibility index (Phi) is 11.5. The Labute approximate surface area is 231 Å². The van der Waals surface area contributed by atoms with Gasteiger partial charge in [-0.05, 0) is 52.7 Å². The Hall–Kier alpha value is -3.88. The maximum Gasteiger partial charge on any atom is 0.408 e. The highest BCUT2D eigenvalue weighted by Gasteiger charge is 2.34. The molecule has 9 nitrogen and oxygen atoms in total. The molecule has 0 unspecified atom stereocenters. The highest BCUT2D eigenvalue weighted by molar-refractivity contribution is 5.92. The number of carbonyl (C=O) groups is 4. The van der Waals surface area contributed by atoms with Crippen LogP contribution in [0.5, 0.6) is 0 Å². The molecule has 0 aromatic heterocycles. The standard InChI is InChI=1S/C30H41N3O6/c1-8-33(27(35)22(3)31-29(37)38-20-24-12-10-9-11-13-24)25(18-23-16-14-21(2)15-17-23)28(36)32(7)19-26(34)39-30(4,5)6/h9-17,22,25H,8,18-20H2,1-7H3,(H,31,37)/t22-,25-/m0/s1. The number of ether oxygens (including phenoxy) is 2. The topological polar surface area (TPSA) is 105 Å². The van der Waals surface area contributed by atoms with Crippen LogP contribution in [0.15, 0.2) is 54.6 Å². The Bertz CT molecular complexity index is 1110. The van der Waals surface area contributed by atoms with Gasteiger partial charge in [0.15, 0.2) is 0 Å². The molecule has 0 radical (unpaired) electrons. The third-order valence-corrected chi connectivity index (χ3v) is 5.91. The Morgan fingerprint density at radius 2 is 1.54 bits per heavy atom. The molecule has 1 N–H and O–H groups in total. The molecule has 212 valence electrons. The molecule has 2 aromatic rings. The van der Waals surface area contributed by atoms with Crippen LogP contribution < -0.4 is 5.32 Å². The quantitative estimate of drug-likeness (QED) is 0.435. The third kappa shape index (κ3) is 10.4. The molecule has 2 atom stereocenters. The lowest BCUT2D eigenvalue weighted by Gasteiger charge is -2.34. The van der Waals surface area contributed by atoms with Gasteiger partial charge in [-0.2, -0.15) is 0 Å². The lowest BCUT2D eigenvalue weighted by molar-refractivity contribution is -0.159. The van der Waals surface area contributed by atoms with E-state index in [9.17, 15) is 19.2 Å². The van der Waals surface area contributed by atoms with E-state index in [-0.39, 0.29) is 26.1 Å². The van der Waals surface area contributed by atoms with Crippen LogP contribution >= 0.6 is 0 Å². The van der Waals surface area contributed by atoms with Gasteiger partial charge in [-0.3, -0.25) is 14.4 Å². The number of nitrogens with one attached hydrogen (secondary N) is 1.